The Morgan fingerprint density at radius 2 is 2.04 bits per heavy atom. The molecule has 0 radical (unpaired) electrons. The second kappa shape index (κ2) is 8.73. The van der Waals surface area contributed by atoms with Crippen molar-refractivity contribution in [3.05, 3.63) is 51.7 Å². The third-order valence-corrected chi connectivity index (χ3v) is 5.48. The van der Waals surface area contributed by atoms with Crippen LogP contribution in [0.1, 0.15) is 47.4 Å². The smallest absolute Gasteiger partial charge is 0.338 e. The van der Waals surface area contributed by atoms with Gasteiger partial charge < -0.3 is 9.80 Å². The van der Waals surface area contributed by atoms with Gasteiger partial charge in [0.1, 0.15) is 5.82 Å². The molecule has 1 amide bonds. The van der Waals surface area contributed by atoms with Gasteiger partial charge in [-0.15, -0.1) is 0 Å². The minimum atomic E-state index is -0.0540. The lowest BCUT2D eigenvalue weighted by Crippen LogP contribution is -2.40. The normalized spacial score (nSPS) is 17.3. The van der Waals surface area contributed by atoms with E-state index in [9.17, 15) is 9.59 Å². The number of rotatable bonds is 6. The largest absolute Gasteiger partial charge is 0.345 e. The summed E-state index contributed by atoms with van der Waals surface area (Å²) in [6, 6.07) is 7.71. The molecule has 3 rings (SSSR count). The second-order valence-corrected chi connectivity index (χ2v) is 7.82. The first-order valence-corrected chi connectivity index (χ1v) is 10.1. The number of nitrogens with zero attached hydrogens (tertiary/aromatic N) is 5. The van der Waals surface area contributed by atoms with E-state index in [0.717, 1.165) is 42.9 Å². The van der Waals surface area contributed by atoms with Gasteiger partial charge in [0, 0.05) is 37.7 Å². The summed E-state index contributed by atoms with van der Waals surface area (Å²) in [6.07, 6.45) is 1.87. The summed E-state index contributed by atoms with van der Waals surface area (Å²) in [5, 5.41) is 4.66. The summed E-state index contributed by atoms with van der Waals surface area (Å²) < 4.78 is 3.34. The molecule has 7 nitrogen and oxygen atoms in total. The number of carbonyl (C=O) groups excluding carboxylic acids is 1. The molecule has 1 atom stereocenters. The Balaban J connectivity index is 1.82. The van der Waals surface area contributed by atoms with Crippen LogP contribution >= 0.6 is 0 Å². The molecule has 2 aromatic rings. The van der Waals surface area contributed by atoms with Crippen LogP contribution in [0.25, 0.3) is 0 Å². The molecular weight excluding hydrogens is 354 g/mol. The highest BCUT2D eigenvalue weighted by Gasteiger charge is 2.30. The summed E-state index contributed by atoms with van der Waals surface area (Å²) in [5.74, 6) is 0.976. The van der Waals surface area contributed by atoms with E-state index in [0.29, 0.717) is 19.6 Å². The monoisotopic (exact) mass is 385 g/mol. The van der Waals surface area contributed by atoms with Gasteiger partial charge in [0.2, 0.25) is 0 Å². The first-order chi connectivity index (χ1) is 13.4. The minimum Gasteiger partial charge on any atom is -0.338 e. The van der Waals surface area contributed by atoms with E-state index in [1.807, 2.05) is 62.0 Å². The topological polar surface area (TPSA) is 63.4 Å². The number of benzene rings is 1. The van der Waals surface area contributed by atoms with E-state index in [-0.39, 0.29) is 17.5 Å². The third kappa shape index (κ3) is 4.19. The zero-order valence-electron chi connectivity index (χ0n) is 17.4. The molecule has 0 unspecified atom stereocenters. The fourth-order valence-electron chi connectivity index (χ4n) is 3.85. The van der Waals surface area contributed by atoms with Gasteiger partial charge >= 0.3 is 5.69 Å². The molecule has 0 spiro atoms. The first kappa shape index (κ1) is 20.3. The quantitative estimate of drug-likeness (QED) is 0.763. The van der Waals surface area contributed by atoms with Crippen LogP contribution < -0.4 is 5.69 Å². The third-order valence-electron chi connectivity index (χ3n) is 5.48. The number of hydrogen-bond acceptors (Lipinski definition) is 4. The van der Waals surface area contributed by atoms with Crippen LogP contribution in [0.2, 0.25) is 0 Å². The second-order valence-electron chi connectivity index (χ2n) is 7.82. The number of piperidine rings is 1. The van der Waals surface area contributed by atoms with Gasteiger partial charge in [0.15, 0.2) is 0 Å². The van der Waals surface area contributed by atoms with E-state index in [2.05, 4.69) is 5.10 Å². The highest BCUT2D eigenvalue weighted by molar-refractivity contribution is 5.95. The summed E-state index contributed by atoms with van der Waals surface area (Å²) in [4.78, 5) is 29.7. The number of likely N-dealkylation sites (N-methyl/N-ethyl adjacent to an activating group) is 1. The standard InChI is InChI=1S/C21H31N5O2/c1-5-25-19(22-26(21(25)28)14-13-23(3)4)17-10-8-12-24(15-17)20(27)18-11-7-6-9-16(18)2/h6-7,9,11,17H,5,8,10,12-15H2,1-4H3/t17-/m1/s1. The maximum Gasteiger partial charge on any atom is 0.345 e. The Kier molecular flexibility index (Phi) is 6.34. The fourth-order valence-corrected chi connectivity index (χ4v) is 3.85. The van der Waals surface area contributed by atoms with Gasteiger partial charge in [0.05, 0.1) is 6.54 Å². The van der Waals surface area contributed by atoms with Gasteiger partial charge in [-0.3, -0.25) is 9.36 Å². The number of hydrogen-bond donors (Lipinski definition) is 0. The number of aromatic nitrogens is 3. The van der Waals surface area contributed by atoms with Crippen LogP contribution in [-0.4, -0.2) is 63.8 Å². The van der Waals surface area contributed by atoms with Crippen LogP contribution in [0.5, 0.6) is 0 Å². The molecule has 152 valence electrons. The molecule has 0 bridgehead atoms. The van der Waals surface area contributed by atoms with Gasteiger partial charge in [-0.05, 0) is 52.4 Å². The van der Waals surface area contributed by atoms with Crippen molar-refractivity contribution < 1.29 is 4.79 Å². The lowest BCUT2D eigenvalue weighted by atomic mass is 9.96. The van der Waals surface area contributed by atoms with Crippen molar-refractivity contribution in [3.63, 3.8) is 0 Å². The molecule has 1 aromatic heterocycles. The van der Waals surface area contributed by atoms with Gasteiger partial charge in [-0.1, -0.05) is 18.2 Å². The highest BCUT2D eigenvalue weighted by Crippen LogP contribution is 2.26. The summed E-state index contributed by atoms with van der Waals surface area (Å²) in [6.45, 7) is 7.24. The molecule has 7 heteroatoms. The molecule has 2 heterocycles. The van der Waals surface area contributed by atoms with Crippen molar-refractivity contribution in [1.82, 2.24) is 24.1 Å². The Hall–Kier alpha value is -2.41. The Morgan fingerprint density at radius 3 is 2.71 bits per heavy atom. The van der Waals surface area contributed by atoms with E-state index < -0.39 is 0 Å². The molecule has 28 heavy (non-hydrogen) atoms. The summed E-state index contributed by atoms with van der Waals surface area (Å²) in [5.41, 5.74) is 1.70. The molecule has 1 saturated heterocycles. The number of likely N-dealkylation sites (tertiary alicyclic amines) is 1. The van der Waals surface area contributed by atoms with Gasteiger partial charge in [0.25, 0.3) is 5.91 Å². The predicted octanol–water partition coefficient (Wildman–Crippen LogP) is 1.95. The molecule has 0 N–H and O–H groups in total. The van der Waals surface area contributed by atoms with Crippen molar-refractivity contribution in [1.29, 1.82) is 0 Å². The summed E-state index contributed by atoms with van der Waals surface area (Å²) >= 11 is 0. The van der Waals surface area contributed by atoms with E-state index in [1.54, 1.807) is 9.25 Å². The van der Waals surface area contributed by atoms with Gasteiger partial charge in [-0.25, -0.2) is 9.48 Å². The zero-order chi connectivity index (χ0) is 20.3. The van der Waals surface area contributed by atoms with Crippen molar-refractivity contribution in [2.24, 2.45) is 0 Å². The van der Waals surface area contributed by atoms with Crippen LogP contribution in [0.15, 0.2) is 29.1 Å². The van der Waals surface area contributed by atoms with Crippen LogP contribution in [0.4, 0.5) is 0 Å². The minimum absolute atomic E-state index is 0.0540. The van der Waals surface area contributed by atoms with Crippen LogP contribution in [0, 0.1) is 6.92 Å². The highest BCUT2D eigenvalue weighted by atomic mass is 16.2. The first-order valence-electron chi connectivity index (χ1n) is 10.1. The van der Waals surface area contributed by atoms with Crippen LogP contribution in [-0.2, 0) is 13.1 Å². The Bertz CT molecular complexity index is 883. The number of aryl methyl sites for hydroxylation is 1. The molecule has 0 saturated carbocycles. The summed E-state index contributed by atoms with van der Waals surface area (Å²) in [7, 11) is 3.97. The molecular formula is C21H31N5O2. The maximum atomic E-state index is 13.0. The maximum absolute atomic E-state index is 13.0. The van der Waals surface area contributed by atoms with Crippen molar-refractivity contribution >= 4 is 5.91 Å². The van der Waals surface area contributed by atoms with Crippen molar-refractivity contribution in [3.8, 4) is 0 Å². The molecule has 1 fully saturated rings. The van der Waals surface area contributed by atoms with Crippen molar-refractivity contribution in [2.45, 2.75) is 45.7 Å². The average Bonchev–Trinajstić information content (AvgIpc) is 3.02. The average molecular weight is 386 g/mol. The van der Waals surface area contributed by atoms with Crippen molar-refractivity contribution in [2.75, 3.05) is 33.7 Å². The van der Waals surface area contributed by atoms with Crippen LogP contribution in [0.3, 0.4) is 0 Å². The van der Waals surface area contributed by atoms with E-state index >= 15 is 0 Å². The van der Waals surface area contributed by atoms with E-state index in [4.69, 9.17) is 0 Å². The number of amides is 1. The zero-order valence-corrected chi connectivity index (χ0v) is 17.4. The fraction of sp³-hybridized carbons (Fsp3) is 0.571. The molecule has 1 aliphatic heterocycles. The Morgan fingerprint density at radius 1 is 1.29 bits per heavy atom. The Labute approximate surface area is 166 Å². The predicted molar refractivity (Wildman–Crippen MR) is 110 cm³/mol. The molecule has 1 aliphatic rings. The lowest BCUT2D eigenvalue weighted by Gasteiger charge is -2.32. The van der Waals surface area contributed by atoms with E-state index in [1.165, 1.54) is 0 Å². The molecule has 0 aliphatic carbocycles. The van der Waals surface area contributed by atoms with Gasteiger partial charge in [-0.2, -0.15) is 5.10 Å². The lowest BCUT2D eigenvalue weighted by molar-refractivity contribution is 0.0702. The molecule has 1 aromatic carbocycles. The SMILES string of the molecule is CCn1c([C@@H]2CCCN(C(=O)c3ccccc3C)C2)nn(CCN(C)C)c1=O. The number of carbonyl (C=O) groups is 1.